The monoisotopic (exact) mass is 241 g/mol. The summed E-state index contributed by atoms with van der Waals surface area (Å²) in [5.41, 5.74) is 0.726. The molecule has 0 aromatic heterocycles. The van der Waals surface area contributed by atoms with E-state index in [9.17, 15) is 13.9 Å². The lowest BCUT2D eigenvalue weighted by atomic mass is 9.93. The maximum Gasteiger partial charge on any atom is 0.159 e. The molecule has 1 fully saturated rings. The number of halogens is 2. The Hall–Kier alpha value is -1.00. The molecule has 1 aliphatic rings. The minimum atomic E-state index is -0.818. The fourth-order valence-electron chi connectivity index (χ4n) is 2.26. The first kappa shape index (κ1) is 12.5. The largest absolute Gasteiger partial charge is 0.393 e. The van der Waals surface area contributed by atoms with Crippen molar-refractivity contribution in [3.8, 4) is 0 Å². The van der Waals surface area contributed by atoms with Gasteiger partial charge in [-0.25, -0.2) is 8.78 Å². The number of hydrogen-bond donors (Lipinski definition) is 2. The molecule has 4 heteroatoms. The highest BCUT2D eigenvalue weighted by Crippen LogP contribution is 2.19. The topological polar surface area (TPSA) is 32.3 Å². The number of aliphatic hydroxyl groups excluding tert-OH is 1. The van der Waals surface area contributed by atoms with Gasteiger partial charge in [-0.2, -0.15) is 0 Å². The van der Waals surface area contributed by atoms with Crippen molar-refractivity contribution in [1.82, 2.24) is 5.32 Å². The Morgan fingerprint density at radius 1 is 1.24 bits per heavy atom. The van der Waals surface area contributed by atoms with E-state index >= 15 is 0 Å². The van der Waals surface area contributed by atoms with Crippen molar-refractivity contribution in [2.45, 2.75) is 44.4 Å². The zero-order valence-electron chi connectivity index (χ0n) is 9.63. The Kier molecular flexibility index (Phi) is 4.07. The first-order chi connectivity index (χ1) is 8.15. The summed E-state index contributed by atoms with van der Waals surface area (Å²) in [6.45, 7) is 0.509. The molecule has 0 aliphatic heterocycles. The standard InChI is InChI=1S/C13H17F2NO/c14-12-5-4-9(6-13(12)15)8-16-10-2-1-3-11(17)7-10/h4-6,10-11,16-17H,1-3,7-8H2. The van der Waals surface area contributed by atoms with Gasteiger partial charge >= 0.3 is 0 Å². The van der Waals surface area contributed by atoms with Crippen LogP contribution in [0.2, 0.25) is 0 Å². The quantitative estimate of drug-likeness (QED) is 0.851. The predicted molar refractivity (Wildman–Crippen MR) is 61.5 cm³/mol. The summed E-state index contributed by atoms with van der Waals surface area (Å²) in [6.07, 6.45) is 3.41. The molecule has 0 saturated heterocycles. The molecule has 0 radical (unpaired) electrons. The van der Waals surface area contributed by atoms with Crippen LogP contribution in [0, 0.1) is 11.6 Å². The van der Waals surface area contributed by atoms with Crippen LogP contribution in [0.1, 0.15) is 31.2 Å². The molecule has 94 valence electrons. The zero-order valence-corrected chi connectivity index (χ0v) is 9.63. The van der Waals surface area contributed by atoms with E-state index in [-0.39, 0.29) is 12.1 Å². The van der Waals surface area contributed by atoms with Crippen molar-refractivity contribution >= 4 is 0 Å². The van der Waals surface area contributed by atoms with E-state index in [1.54, 1.807) is 6.07 Å². The first-order valence-electron chi connectivity index (χ1n) is 6.00. The Morgan fingerprint density at radius 3 is 2.76 bits per heavy atom. The number of benzene rings is 1. The summed E-state index contributed by atoms with van der Waals surface area (Å²) in [5, 5.41) is 12.8. The van der Waals surface area contributed by atoms with Crippen LogP contribution in [0.25, 0.3) is 0 Å². The number of hydrogen-bond acceptors (Lipinski definition) is 2. The van der Waals surface area contributed by atoms with E-state index in [1.165, 1.54) is 6.07 Å². The molecule has 2 nitrogen and oxygen atoms in total. The Balaban J connectivity index is 1.86. The highest BCUT2D eigenvalue weighted by atomic mass is 19.2. The van der Waals surface area contributed by atoms with Gasteiger partial charge in [0, 0.05) is 12.6 Å². The van der Waals surface area contributed by atoms with Gasteiger partial charge in [0.25, 0.3) is 0 Å². The molecular formula is C13H17F2NO. The van der Waals surface area contributed by atoms with Crippen LogP contribution in [0.4, 0.5) is 8.78 Å². The van der Waals surface area contributed by atoms with Crippen molar-refractivity contribution in [2.75, 3.05) is 0 Å². The summed E-state index contributed by atoms with van der Waals surface area (Å²) in [6, 6.07) is 4.20. The van der Waals surface area contributed by atoms with E-state index in [0.29, 0.717) is 6.54 Å². The lowest BCUT2D eigenvalue weighted by Gasteiger charge is -2.26. The molecule has 0 heterocycles. The molecule has 2 N–H and O–H groups in total. The van der Waals surface area contributed by atoms with Gasteiger partial charge in [-0.15, -0.1) is 0 Å². The van der Waals surface area contributed by atoms with Crippen LogP contribution in [0.5, 0.6) is 0 Å². The molecule has 2 rings (SSSR count). The second-order valence-electron chi connectivity index (χ2n) is 4.65. The van der Waals surface area contributed by atoms with Crippen LogP contribution >= 0.6 is 0 Å². The third kappa shape index (κ3) is 3.48. The van der Waals surface area contributed by atoms with Crippen molar-refractivity contribution in [3.63, 3.8) is 0 Å². The maximum absolute atomic E-state index is 13.0. The van der Waals surface area contributed by atoms with E-state index in [2.05, 4.69) is 5.32 Å². The lowest BCUT2D eigenvalue weighted by Crippen LogP contribution is -2.35. The predicted octanol–water partition coefficient (Wildman–Crippen LogP) is 2.36. The molecule has 17 heavy (non-hydrogen) atoms. The smallest absolute Gasteiger partial charge is 0.159 e. The molecule has 0 bridgehead atoms. The van der Waals surface area contributed by atoms with Gasteiger partial charge in [-0.3, -0.25) is 0 Å². The van der Waals surface area contributed by atoms with Gasteiger partial charge in [0.2, 0.25) is 0 Å². The highest BCUT2D eigenvalue weighted by Gasteiger charge is 2.19. The van der Waals surface area contributed by atoms with Crippen molar-refractivity contribution in [1.29, 1.82) is 0 Å². The van der Waals surface area contributed by atoms with Crippen LogP contribution in [0.15, 0.2) is 18.2 Å². The molecule has 1 aliphatic carbocycles. The van der Waals surface area contributed by atoms with E-state index in [1.807, 2.05) is 0 Å². The molecule has 0 spiro atoms. The first-order valence-corrected chi connectivity index (χ1v) is 6.00. The normalized spacial score (nSPS) is 24.9. The molecule has 1 saturated carbocycles. The number of aliphatic hydroxyl groups is 1. The highest BCUT2D eigenvalue weighted by molar-refractivity contribution is 5.17. The molecule has 2 atom stereocenters. The fraction of sp³-hybridized carbons (Fsp3) is 0.538. The third-order valence-electron chi connectivity index (χ3n) is 3.23. The Bertz CT molecular complexity index is 384. The van der Waals surface area contributed by atoms with Gasteiger partial charge < -0.3 is 10.4 Å². The summed E-state index contributed by atoms with van der Waals surface area (Å²) in [7, 11) is 0. The molecule has 1 aromatic carbocycles. The van der Waals surface area contributed by atoms with Gasteiger partial charge in [-0.1, -0.05) is 6.07 Å². The van der Waals surface area contributed by atoms with Gasteiger partial charge in [0.05, 0.1) is 6.10 Å². The number of rotatable bonds is 3. The minimum absolute atomic E-state index is 0.230. The van der Waals surface area contributed by atoms with Crippen molar-refractivity contribution in [2.24, 2.45) is 0 Å². The molecule has 0 amide bonds. The van der Waals surface area contributed by atoms with Crippen LogP contribution in [-0.2, 0) is 6.54 Å². The average molecular weight is 241 g/mol. The van der Waals surface area contributed by atoms with E-state index < -0.39 is 11.6 Å². The van der Waals surface area contributed by atoms with Gasteiger partial charge in [-0.05, 0) is 43.4 Å². The van der Waals surface area contributed by atoms with E-state index in [4.69, 9.17) is 0 Å². The summed E-state index contributed by atoms with van der Waals surface area (Å²) < 4.78 is 25.7. The van der Waals surface area contributed by atoms with E-state index in [0.717, 1.165) is 37.3 Å². The van der Waals surface area contributed by atoms with Crippen molar-refractivity contribution < 1.29 is 13.9 Å². The summed E-state index contributed by atoms with van der Waals surface area (Å²) in [5.74, 6) is -1.63. The Labute approximate surface area is 99.7 Å². The maximum atomic E-state index is 13.0. The summed E-state index contributed by atoms with van der Waals surface area (Å²) >= 11 is 0. The minimum Gasteiger partial charge on any atom is -0.393 e. The lowest BCUT2D eigenvalue weighted by molar-refractivity contribution is 0.111. The third-order valence-corrected chi connectivity index (χ3v) is 3.23. The van der Waals surface area contributed by atoms with Crippen LogP contribution in [0.3, 0.4) is 0 Å². The SMILES string of the molecule is OC1CCCC(NCc2ccc(F)c(F)c2)C1. The van der Waals surface area contributed by atoms with Gasteiger partial charge in [0.15, 0.2) is 11.6 Å². The van der Waals surface area contributed by atoms with Gasteiger partial charge in [0.1, 0.15) is 0 Å². The Morgan fingerprint density at radius 2 is 2.06 bits per heavy atom. The van der Waals surface area contributed by atoms with Crippen molar-refractivity contribution in [3.05, 3.63) is 35.4 Å². The molecule has 1 aromatic rings. The molecule has 2 unspecified atom stereocenters. The second-order valence-corrected chi connectivity index (χ2v) is 4.65. The van der Waals surface area contributed by atoms with Crippen LogP contribution in [-0.4, -0.2) is 17.3 Å². The summed E-state index contributed by atoms with van der Waals surface area (Å²) in [4.78, 5) is 0. The second kappa shape index (κ2) is 5.56. The average Bonchev–Trinajstić information content (AvgIpc) is 2.31. The fourth-order valence-corrected chi connectivity index (χ4v) is 2.26. The van der Waals surface area contributed by atoms with Crippen LogP contribution < -0.4 is 5.32 Å². The zero-order chi connectivity index (χ0) is 12.3. The molecular weight excluding hydrogens is 224 g/mol. The number of nitrogens with one attached hydrogen (secondary N) is 1.